The molecule has 1 amide bonds. The Hall–Kier alpha value is -0.280. The van der Waals surface area contributed by atoms with E-state index in [1.807, 2.05) is 0 Å². The number of nitrogens with one attached hydrogen (secondary N) is 2. The van der Waals surface area contributed by atoms with E-state index in [2.05, 4.69) is 24.5 Å². The normalized spacial score (nSPS) is 30.2. The standard InChI is InChI=1S/C18H34N2O.ClH/c1-3-15-6-8-16(9-7-15)12-20-18(21)11-14(2)17-5-4-10-19-13-17;/h14-17,19H,3-13H2,1-2H3,(H,20,21);1H. The lowest BCUT2D eigenvalue weighted by Crippen LogP contribution is -2.37. The molecular weight excluding hydrogens is 296 g/mol. The summed E-state index contributed by atoms with van der Waals surface area (Å²) in [6, 6.07) is 0. The highest BCUT2D eigenvalue weighted by molar-refractivity contribution is 5.85. The van der Waals surface area contributed by atoms with Gasteiger partial charge in [-0.15, -0.1) is 12.4 Å². The Bertz CT molecular complexity index is 310. The summed E-state index contributed by atoms with van der Waals surface area (Å²) in [5, 5.41) is 6.65. The average Bonchev–Trinajstić information content (AvgIpc) is 2.54. The molecule has 0 bridgehead atoms. The molecule has 0 spiro atoms. The highest BCUT2D eigenvalue weighted by atomic mass is 35.5. The van der Waals surface area contributed by atoms with Crippen LogP contribution in [0.25, 0.3) is 0 Å². The number of halogens is 1. The zero-order valence-corrected chi connectivity index (χ0v) is 15.2. The van der Waals surface area contributed by atoms with Crippen LogP contribution in [0.1, 0.15) is 65.2 Å². The van der Waals surface area contributed by atoms with Crippen molar-refractivity contribution >= 4 is 18.3 Å². The van der Waals surface area contributed by atoms with Crippen molar-refractivity contribution < 1.29 is 4.79 Å². The van der Waals surface area contributed by atoms with E-state index in [0.717, 1.165) is 31.5 Å². The Morgan fingerprint density at radius 1 is 1.18 bits per heavy atom. The zero-order chi connectivity index (χ0) is 15.1. The molecule has 4 heteroatoms. The van der Waals surface area contributed by atoms with Crippen LogP contribution in [0, 0.1) is 23.7 Å². The maximum Gasteiger partial charge on any atom is 0.220 e. The highest BCUT2D eigenvalue weighted by Gasteiger charge is 2.23. The minimum absolute atomic E-state index is 0. The van der Waals surface area contributed by atoms with Gasteiger partial charge in [0.1, 0.15) is 0 Å². The van der Waals surface area contributed by atoms with Crippen molar-refractivity contribution in [2.45, 2.75) is 65.2 Å². The first-order valence-electron chi connectivity index (χ1n) is 9.16. The number of hydrogen-bond acceptors (Lipinski definition) is 2. The molecule has 22 heavy (non-hydrogen) atoms. The predicted molar refractivity (Wildman–Crippen MR) is 95.4 cm³/mol. The summed E-state index contributed by atoms with van der Waals surface area (Å²) >= 11 is 0. The lowest BCUT2D eigenvalue weighted by molar-refractivity contribution is -0.122. The van der Waals surface area contributed by atoms with Gasteiger partial charge in [-0.05, 0) is 62.4 Å². The summed E-state index contributed by atoms with van der Waals surface area (Å²) in [5.74, 6) is 3.13. The van der Waals surface area contributed by atoms with Crippen LogP contribution in [-0.2, 0) is 4.79 Å². The fourth-order valence-electron chi connectivity index (χ4n) is 4.00. The highest BCUT2D eigenvalue weighted by Crippen LogP contribution is 2.30. The van der Waals surface area contributed by atoms with Gasteiger partial charge >= 0.3 is 0 Å². The van der Waals surface area contributed by atoms with E-state index in [1.54, 1.807) is 0 Å². The molecule has 2 rings (SSSR count). The van der Waals surface area contributed by atoms with Gasteiger partial charge in [-0.1, -0.05) is 33.1 Å². The molecule has 0 aromatic heterocycles. The summed E-state index contributed by atoms with van der Waals surface area (Å²) in [4.78, 5) is 12.1. The van der Waals surface area contributed by atoms with Crippen LogP contribution >= 0.6 is 12.4 Å². The molecule has 1 saturated heterocycles. The Labute approximate surface area is 142 Å². The fourth-order valence-corrected chi connectivity index (χ4v) is 4.00. The van der Waals surface area contributed by atoms with Gasteiger partial charge in [0.2, 0.25) is 5.91 Å². The maximum absolute atomic E-state index is 12.1. The van der Waals surface area contributed by atoms with Crippen LogP contribution < -0.4 is 10.6 Å². The lowest BCUT2D eigenvalue weighted by Gasteiger charge is -2.29. The van der Waals surface area contributed by atoms with Crippen molar-refractivity contribution in [2.75, 3.05) is 19.6 Å². The van der Waals surface area contributed by atoms with Crippen molar-refractivity contribution in [3.63, 3.8) is 0 Å². The van der Waals surface area contributed by atoms with Gasteiger partial charge in [0, 0.05) is 13.0 Å². The molecule has 0 aromatic rings. The number of piperidine rings is 1. The van der Waals surface area contributed by atoms with Crippen molar-refractivity contribution in [3.8, 4) is 0 Å². The monoisotopic (exact) mass is 330 g/mol. The quantitative estimate of drug-likeness (QED) is 0.778. The minimum Gasteiger partial charge on any atom is -0.356 e. The van der Waals surface area contributed by atoms with E-state index < -0.39 is 0 Å². The molecule has 2 unspecified atom stereocenters. The molecule has 2 N–H and O–H groups in total. The Morgan fingerprint density at radius 3 is 2.45 bits per heavy atom. The molecule has 3 nitrogen and oxygen atoms in total. The van der Waals surface area contributed by atoms with Crippen LogP contribution in [0.15, 0.2) is 0 Å². The summed E-state index contributed by atoms with van der Waals surface area (Å²) in [6.07, 6.45) is 9.91. The molecule has 1 saturated carbocycles. The zero-order valence-electron chi connectivity index (χ0n) is 14.4. The molecule has 0 aromatic carbocycles. The van der Waals surface area contributed by atoms with E-state index in [4.69, 9.17) is 0 Å². The van der Waals surface area contributed by atoms with Crippen LogP contribution in [0.3, 0.4) is 0 Å². The summed E-state index contributed by atoms with van der Waals surface area (Å²) in [6.45, 7) is 7.69. The molecule has 1 heterocycles. The third kappa shape index (κ3) is 6.45. The second-order valence-electron chi connectivity index (χ2n) is 7.39. The maximum atomic E-state index is 12.1. The van der Waals surface area contributed by atoms with Crippen LogP contribution in [0.2, 0.25) is 0 Å². The SMILES string of the molecule is CCC1CCC(CNC(=O)CC(C)C2CCCNC2)CC1.Cl. The smallest absolute Gasteiger partial charge is 0.220 e. The third-order valence-corrected chi connectivity index (χ3v) is 5.78. The van der Waals surface area contributed by atoms with Crippen LogP contribution in [-0.4, -0.2) is 25.5 Å². The molecule has 130 valence electrons. The molecule has 2 atom stereocenters. The topological polar surface area (TPSA) is 41.1 Å². The number of carbonyl (C=O) groups is 1. The minimum atomic E-state index is 0. The second kappa shape index (κ2) is 10.5. The number of carbonyl (C=O) groups excluding carboxylic acids is 1. The second-order valence-corrected chi connectivity index (χ2v) is 7.39. The summed E-state index contributed by atoms with van der Waals surface area (Å²) in [7, 11) is 0. The van der Waals surface area contributed by atoms with Gasteiger partial charge in [-0.25, -0.2) is 0 Å². The largest absolute Gasteiger partial charge is 0.356 e. The average molecular weight is 331 g/mol. The van der Waals surface area contributed by atoms with Gasteiger partial charge < -0.3 is 10.6 Å². The van der Waals surface area contributed by atoms with Gasteiger partial charge in [0.15, 0.2) is 0 Å². The molecular formula is C18H35ClN2O. The Morgan fingerprint density at radius 2 is 1.86 bits per heavy atom. The van der Waals surface area contributed by atoms with E-state index in [0.29, 0.717) is 18.3 Å². The Balaban J connectivity index is 0.00000242. The van der Waals surface area contributed by atoms with E-state index >= 15 is 0 Å². The van der Waals surface area contributed by atoms with Gasteiger partial charge in [-0.3, -0.25) is 4.79 Å². The molecule has 2 aliphatic rings. The number of amides is 1. The Kier molecular flexibility index (Phi) is 9.42. The first-order chi connectivity index (χ1) is 10.2. The van der Waals surface area contributed by atoms with E-state index in [-0.39, 0.29) is 18.3 Å². The first-order valence-corrected chi connectivity index (χ1v) is 9.16. The number of rotatable bonds is 6. The van der Waals surface area contributed by atoms with Crippen LogP contribution in [0.4, 0.5) is 0 Å². The lowest BCUT2D eigenvalue weighted by atomic mass is 9.81. The predicted octanol–water partition coefficient (Wildman–Crippen LogP) is 3.77. The molecule has 0 radical (unpaired) electrons. The molecule has 2 fully saturated rings. The van der Waals surface area contributed by atoms with Crippen molar-refractivity contribution in [3.05, 3.63) is 0 Å². The van der Waals surface area contributed by atoms with Crippen molar-refractivity contribution in [1.29, 1.82) is 0 Å². The summed E-state index contributed by atoms with van der Waals surface area (Å²) < 4.78 is 0. The van der Waals surface area contributed by atoms with E-state index in [1.165, 1.54) is 44.9 Å². The molecule has 1 aliphatic carbocycles. The summed E-state index contributed by atoms with van der Waals surface area (Å²) in [5.41, 5.74) is 0. The fraction of sp³-hybridized carbons (Fsp3) is 0.944. The van der Waals surface area contributed by atoms with Crippen molar-refractivity contribution in [2.24, 2.45) is 23.7 Å². The van der Waals surface area contributed by atoms with Crippen molar-refractivity contribution in [1.82, 2.24) is 10.6 Å². The third-order valence-electron chi connectivity index (χ3n) is 5.78. The molecule has 1 aliphatic heterocycles. The number of hydrogen-bond donors (Lipinski definition) is 2. The van der Waals surface area contributed by atoms with Crippen LogP contribution in [0.5, 0.6) is 0 Å². The van der Waals surface area contributed by atoms with Gasteiger partial charge in [0.25, 0.3) is 0 Å². The first kappa shape index (κ1) is 19.8. The van der Waals surface area contributed by atoms with E-state index in [9.17, 15) is 4.79 Å². The van der Waals surface area contributed by atoms with Gasteiger partial charge in [-0.2, -0.15) is 0 Å². The van der Waals surface area contributed by atoms with Gasteiger partial charge in [0.05, 0.1) is 0 Å².